The first-order chi connectivity index (χ1) is 13.1. The molecule has 0 unspecified atom stereocenters. The number of benzene rings is 1. The molecule has 0 radical (unpaired) electrons. The molecule has 0 spiro atoms. The Morgan fingerprint density at radius 1 is 1.19 bits per heavy atom. The molecular weight excluding hydrogens is 385 g/mol. The Labute approximate surface area is 168 Å². The molecule has 2 fully saturated rings. The summed E-state index contributed by atoms with van der Waals surface area (Å²) in [6.07, 6.45) is 6.42. The highest BCUT2D eigenvalue weighted by Crippen LogP contribution is 2.44. The Kier molecular flexibility index (Phi) is 5.41. The van der Waals surface area contributed by atoms with E-state index in [-0.39, 0.29) is 18.3 Å². The van der Waals surface area contributed by atoms with Crippen LogP contribution in [0.4, 0.5) is 5.69 Å². The molecular formula is C20H21Cl2N3O2. The molecule has 0 saturated heterocycles. The number of nitrogens with one attached hydrogen (secondary N) is 2. The van der Waals surface area contributed by atoms with Crippen LogP contribution in [0.3, 0.4) is 0 Å². The van der Waals surface area contributed by atoms with E-state index >= 15 is 0 Å². The molecule has 1 aromatic carbocycles. The fourth-order valence-corrected chi connectivity index (χ4v) is 3.65. The molecule has 2 saturated carbocycles. The largest absolute Gasteiger partial charge is 0.435 e. The van der Waals surface area contributed by atoms with Gasteiger partial charge < -0.3 is 15.4 Å². The minimum Gasteiger partial charge on any atom is -0.435 e. The van der Waals surface area contributed by atoms with Crippen molar-refractivity contribution in [2.75, 3.05) is 11.9 Å². The third kappa shape index (κ3) is 4.85. The van der Waals surface area contributed by atoms with Gasteiger partial charge in [0.05, 0.1) is 17.3 Å². The van der Waals surface area contributed by atoms with Gasteiger partial charge in [-0.1, -0.05) is 35.3 Å². The van der Waals surface area contributed by atoms with E-state index in [0.29, 0.717) is 39.4 Å². The van der Waals surface area contributed by atoms with Crippen LogP contribution in [-0.2, 0) is 4.79 Å². The lowest BCUT2D eigenvalue weighted by Crippen LogP contribution is -2.41. The molecule has 2 N–H and O–H groups in total. The van der Waals surface area contributed by atoms with Crippen molar-refractivity contribution in [2.45, 2.75) is 31.7 Å². The Bertz CT molecular complexity index is 826. The highest BCUT2D eigenvalue weighted by molar-refractivity contribution is 6.35. The number of hydrogen-bond acceptors (Lipinski definition) is 4. The molecule has 7 heteroatoms. The first-order valence-electron chi connectivity index (χ1n) is 9.21. The summed E-state index contributed by atoms with van der Waals surface area (Å²) in [5, 5.41) is 7.13. The lowest BCUT2D eigenvalue weighted by molar-refractivity contribution is -0.120. The second-order valence-corrected chi connectivity index (χ2v) is 8.00. The third-order valence-corrected chi connectivity index (χ3v) is 5.37. The van der Waals surface area contributed by atoms with Gasteiger partial charge in [0.2, 0.25) is 11.8 Å². The van der Waals surface area contributed by atoms with E-state index in [0.717, 1.165) is 0 Å². The van der Waals surface area contributed by atoms with Crippen LogP contribution < -0.4 is 15.4 Å². The highest BCUT2D eigenvalue weighted by Gasteiger charge is 2.42. The van der Waals surface area contributed by atoms with Gasteiger partial charge in [0.25, 0.3) is 0 Å². The van der Waals surface area contributed by atoms with Crippen LogP contribution in [-0.4, -0.2) is 23.5 Å². The van der Waals surface area contributed by atoms with Crippen molar-refractivity contribution < 1.29 is 9.53 Å². The van der Waals surface area contributed by atoms with Gasteiger partial charge in [-0.05, 0) is 55.7 Å². The maximum absolute atomic E-state index is 12.4. The fourth-order valence-electron chi connectivity index (χ4n) is 3.23. The van der Waals surface area contributed by atoms with E-state index < -0.39 is 0 Å². The molecule has 1 amide bonds. The van der Waals surface area contributed by atoms with Gasteiger partial charge in [-0.15, -0.1) is 0 Å². The number of carbonyl (C=O) groups excluding carboxylic acids is 1. The lowest BCUT2D eigenvalue weighted by Gasteiger charge is -2.18. The molecule has 1 heterocycles. The number of para-hydroxylation sites is 2. The van der Waals surface area contributed by atoms with E-state index in [2.05, 4.69) is 15.6 Å². The number of carbonyl (C=O) groups is 1. The quantitative estimate of drug-likeness (QED) is 0.655. The van der Waals surface area contributed by atoms with Crippen LogP contribution in [0.5, 0.6) is 11.6 Å². The van der Waals surface area contributed by atoms with Crippen LogP contribution in [0.1, 0.15) is 25.7 Å². The molecule has 0 aliphatic heterocycles. The molecule has 1 aromatic heterocycles. The highest BCUT2D eigenvalue weighted by atomic mass is 35.5. The molecule has 2 aliphatic carbocycles. The summed E-state index contributed by atoms with van der Waals surface area (Å²) in [5.41, 5.74) is 0.704. The number of halogens is 2. The van der Waals surface area contributed by atoms with Crippen molar-refractivity contribution in [2.24, 2.45) is 11.8 Å². The van der Waals surface area contributed by atoms with Gasteiger partial charge >= 0.3 is 0 Å². The standard InChI is InChI=1S/C20H21Cl2N3O2/c21-14-9-15(22)20(24-10-14)27-17-4-2-1-3-16(17)23-11-18(26)25-19(12-5-6-12)13-7-8-13/h1-4,9-10,12-13,19,23H,5-8,11H2,(H,25,26). The van der Waals surface area contributed by atoms with Crippen molar-refractivity contribution in [1.29, 1.82) is 0 Å². The molecule has 0 atom stereocenters. The first-order valence-corrected chi connectivity index (χ1v) is 9.97. The first kappa shape index (κ1) is 18.4. The van der Waals surface area contributed by atoms with Crippen LogP contribution >= 0.6 is 23.2 Å². The Morgan fingerprint density at radius 3 is 2.56 bits per heavy atom. The van der Waals surface area contributed by atoms with E-state index in [1.54, 1.807) is 12.1 Å². The van der Waals surface area contributed by atoms with E-state index in [4.69, 9.17) is 27.9 Å². The topological polar surface area (TPSA) is 63.2 Å². The van der Waals surface area contributed by atoms with E-state index in [1.165, 1.54) is 31.9 Å². The number of aromatic nitrogens is 1. The van der Waals surface area contributed by atoms with Gasteiger partial charge in [0, 0.05) is 12.2 Å². The number of amides is 1. The zero-order valence-corrected chi connectivity index (χ0v) is 16.3. The average Bonchev–Trinajstić information content (AvgIpc) is 3.55. The summed E-state index contributed by atoms with van der Waals surface area (Å²) < 4.78 is 5.81. The van der Waals surface area contributed by atoms with Crippen LogP contribution in [0, 0.1) is 11.8 Å². The Hall–Kier alpha value is -1.98. The molecule has 142 valence electrons. The van der Waals surface area contributed by atoms with Crippen LogP contribution in [0.15, 0.2) is 36.5 Å². The van der Waals surface area contributed by atoms with Crippen molar-refractivity contribution in [3.05, 3.63) is 46.6 Å². The third-order valence-electron chi connectivity index (χ3n) is 4.89. The average molecular weight is 406 g/mol. The minimum absolute atomic E-state index is 0.0104. The summed E-state index contributed by atoms with van der Waals surface area (Å²) in [6.45, 7) is 0.193. The molecule has 2 aliphatic rings. The monoisotopic (exact) mass is 405 g/mol. The second kappa shape index (κ2) is 7.95. The van der Waals surface area contributed by atoms with Gasteiger partial charge in [0.1, 0.15) is 5.02 Å². The summed E-state index contributed by atoms with van der Waals surface area (Å²) in [4.78, 5) is 16.5. The van der Waals surface area contributed by atoms with Gasteiger partial charge in [-0.3, -0.25) is 4.79 Å². The van der Waals surface area contributed by atoms with Crippen LogP contribution in [0.2, 0.25) is 10.0 Å². The van der Waals surface area contributed by atoms with Gasteiger partial charge in [-0.2, -0.15) is 0 Å². The SMILES string of the molecule is O=C(CNc1ccccc1Oc1ncc(Cl)cc1Cl)NC(C1CC1)C1CC1. The zero-order chi connectivity index (χ0) is 18.8. The number of anilines is 1. The van der Waals surface area contributed by atoms with Crippen molar-refractivity contribution in [3.8, 4) is 11.6 Å². The zero-order valence-electron chi connectivity index (χ0n) is 14.8. The van der Waals surface area contributed by atoms with Crippen molar-refractivity contribution in [1.82, 2.24) is 10.3 Å². The summed E-state index contributed by atoms with van der Waals surface area (Å²) in [6, 6.07) is 9.30. The lowest BCUT2D eigenvalue weighted by atomic mass is 10.1. The molecule has 5 nitrogen and oxygen atoms in total. The second-order valence-electron chi connectivity index (χ2n) is 7.16. The Balaban J connectivity index is 1.38. The van der Waals surface area contributed by atoms with Gasteiger partial charge in [-0.25, -0.2) is 4.98 Å². The van der Waals surface area contributed by atoms with Crippen LogP contribution in [0.25, 0.3) is 0 Å². The number of hydrogen-bond donors (Lipinski definition) is 2. The van der Waals surface area contributed by atoms with E-state index in [1.807, 2.05) is 18.2 Å². The number of rotatable bonds is 8. The summed E-state index contributed by atoms with van der Waals surface area (Å²) >= 11 is 12.0. The maximum atomic E-state index is 12.4. The summed E-state index contributed by atoms with van der Waals surface area (Å²) in [5.74, 6) is 2.17. The van der Waals surface area contributed by atoms with E-state index in [9.17, 15) is 4.79 Å². The fraction of sp³-hybridized carbons (Fsp3) is 0.400. The molecule has 2 aromatic rings. The van der Waals surface area contributed by atoms with Crippen molar-refractivity contribution >= 4 is 34.8 Å². The smallest absolute Gasteiger partial charge is 0.239 e. The predicted octanol–water partition coefficient (Wildman–Crippen LogP) is 4.90. The molecule has 0 bridgehead atoms. The van der Waals surface area contributed by atoms with Crippen molar-refractivity contribution in [3.63, 3.8) is 0 Å². The molecule has 4 rings (SSSR count). The predicted molar refractivity (Wildman–Crippen MR) is 107 cm³/mol. The number of nitrogens with zero attached hydrogens (tertiary/aromatic N) is 1. The Morgan fingerprint density at radius 2 is 1.89 bits per heavy atom. The molecule has 27 heavy (non-hydrogen) atoms. The summed E-state index contributed by atoms with van der Waals surface area (Å²) in [7, 11) is 0. The van der Waals surface area contributed by atoms with Gasteiger partial charge in [0.15, 0.2) is 5.75 Å². The minimum atomic E-state index is 0.0104. The normalized spacial score (nSPS) is 16.3. The number of ether oxygens (including phenoxy) is 1. The maximum Gasteiger partial charge on any atom is 0.239 e. The number of pyridine rings is 1.